The molecule has 1 aliphatic heterocycles. The first-order chi connectivity index (χ1) is 3.90. The number of rotatable bonds is 1. The fraction of sp³-hybridized carbons (Fsp3) is 0.714. The Morgan fingerprint density at radius 3 is 2.50 bits per heavy atom. The van der Waals surface area contributed by atoms with Crippen molar-refractivity contribution in [3.8, 4) is 0 Å². The molecule has 0 amide bonds. The smallest absolute Gasteiger partial charge is 0.142 e. The predicted octanol–water partition coefficient (Wildman–Crippen LogP) is 2.05. The van der Waals surface area contributed by atoms with Crippen LogP contribution in [0, 0.1) is 5.92 Å². The SMILES string of the molecule is CCC1CC2=C(C1)O2. The molecular weight excluding hydrogens is 100 g/mol. The summed E-state index contributed by atoms with van der Waals surface area (Å²) in [7, 11) is 0. The van der Waals surface area contributed by atoms with Crippen LogP contribution in [0.25, 0.3) is 0 Å². The Balaban J connectivity index is 1.96. The van der Waals surface area contributed by atoms with Crippen LogP contribution in [0.15, 0.2) is 11.5 Å². The van der Waals surface area contributed by atoms with Crippen molar-refractivity contribution in [2.24, 2.45) is 5.92 Å². The van der Waals surface area contributed by atoms with E-state index in [1.54, 1.807) is 0 Å². The van der Waals surface area contributed by atoms with E-state index in [0.717, 1.165) is 5.92 Å². The average Bonchev–Trinajstić information content (AvgIpc) is 2.40. The lowest BCUT2D eigenvalue weighted by Crippen LogP contribution is -1.94. The Kier molecular flexibility index (Phi) is 0.706. The summed E-state index contributed by atoms with van der Waals surface area (Å²) in [5.74, 6) is 3.53. The summed E-state index contributed by atoms with van der Waals surface area (Å²) in [4.78, 5) is 0. The van der Waals surface area contributed by atoms with Crippen molar-refractivity contribution < 1.29 is 4.74 Å². The molecule has 0 bridgehead atoms. The van der Waals surface area contributed by atoms with Crippen LogP contribution >= 0.6 is 0 Å². The highest BCUT2D eigenvalue weighted by Gasteiger charge is 2.35. The zero-order valence-corrected chi connectivity index (χ0v) is 5.11. The molecule has 0 aromatic carbocycles. The second kappa shape index (κ2) is 1.28. The third-order valence-electron chi connectivity index (χ3n) is 2.04. The van der Waals surface area contributed by atoms with Crippen molar-refractivity contribution in [1.82, 2.24) is 0 Å². The zero-order valence-electron chi connectivity index (χ0n) is 5.11. The van der Waals surface area contributed by atoms with Gasteiger partial charge in [-0.25, -0.2) is 0 Å². The Morgan fingerprint density at radius 1 is 1.50 bits per heavy atom. The molecule has 44 valence electrons. The number of ether oxygens (including phenoxy) is 1. The maximum absolute atomic E-state index is 5.12. The molecule has 0 fully saturated rings. The molecule has 0 aromatic rings. The second-order valence-corrected chi connectivity index (χ2v) is 2.63. The van der Waals surface area contributed by atoms with E-state index in [0.29, 0.717) is 0 Å². The summed E-state index contributed by atoms with van der Waals surface area (Å²) in [6, 6.07) is 0. The molecule has 0 aromatic heterocycles. The van der Waals surface area contributed by atoms with Crippen molar-refractivity contribution in [1.29, 1.82) is 0 Å². The largest absolute Gasteiger partial charge is 0.459 e. The first kappa shape index (κ1) is 4.42. The Bertz CT molecular complexity index is 132. The molecule has 0 spiro atoms. The predicted molar refractivity (Wildman–Crippen MR) is 31.1 cm³/mol. The van der Waals surface area contributed by atoms with Crippen molar-refractivity contribution in [2.45, 2.75) is 26.2 Å². The average molecular weight is 110 g/mol. The van der Waals surface area contributed by atoms with Gasteiger partial charge in [-0.05, 0) is 5.92 Å². The van der Waals surface area contributed by atoms with Gasteiger partial charge >= 0.3 is 0 Å². The van der Waals surface area contributed by atoms with Gasteiger partial charge in [0.1, 0.15) is 11.5 Å². The number of allylic oxidation sites excluding steroid dienone is 2. The highest BCUT2D eigenvalue weighted by molar-refractivity contribution is 5.23. The van der Waals surface area contributed by atoms with Gasteiger partial charge in [-0.3, -0.25) is 0 Å². The zero-order chi connectivity index (χ0) is 5.56. The Labute approximate surface area is 49.3 Å². The van der Waals surface area contributed by atoms with Gasteiger partial charge in [0.05, 0.1) is 0 Å². The van der Waals surface area contributed by atoms with Crippen LogP contribution in [-0.2, 0) is 4.74 Å². The van der Waals surface area contributed by atoms with Crippen molar-refractivity contribution >= 4 is 0 Å². The monoisotopic (exact) mass is 110 g/mol. The van der Waals surface area contributed by atoms with E-state index in [9.17, 15) is 0 Å². The fourth-order valence-electron chi connectivity index (χ4n) is 1.32. The van der Waals surface area contributed by atoms with Gasteiger partial charge in [-0.15, -0.1) is 0 Å². The van der Waals surface area contributed by atoms with Crippen molar-refractivity contribution in [3.05, 3.63) is 11.5 Å². The van der Waals surface area contributed by atoms with E-state index in [2.05, 4.69) is 6.92 Å². The minimum atomic E-state index is 0.925. The lowest BCUT2D eigenvalue weighted by atomic mass is 10.0. The standard InChI is InChI=1S/C7H10O/c1-2-5-3-6-7(4-5)8-6/h5H,2-4H2,1H3. The van der Waals surface area contributed by atoms with Crippen LogP contribution in [0.1, 0.15) is 26.2 Å². The molecular formula is C7H10O. The molecule has 1 heteroatoms. The lowest BCUT2D eigenvalue weighted by Gasteiger charge is -2.06. The van der Waals surface area contributed by atoms with E-state index in [-0.39, 0.29) is 0 Å². The first-order valence-electron chi connectivity index (χ1n) is 3.30. The Hall–Kier alpha value is -0.460. The summed E-state index contributed by atoms with van der Waals surface area (Å²) in [6.07, 6.45) is 3.77. The molecule has 0 saturated heterocycles. The fourth-order valence-corrected chi connectivity index (χ4v) is 1.32. The maximum Gasteiger partial charge on any atom is 0.142 e. The van der Waals surface area contributed by atoms with E-state index < -0.39 is 0 Å². The summed E-state index contributed by atoms with van der Waals surface area (Å²) in [5, 5.41) is 0. The third kappa shape index (κ3) is 0.473. The topological polar surface area (TPSA) is 12.5 Å². The highest BCUT2D eigenvalue weighted by atomic mass is 16.6. The first-order valence-corrected chi connectivity index (χ1v) is 3.30. The van der Waals surface area contributed by atoms with Crippen LogP contribution in [0.2, 0.25) is 0 Å². The molecule has 0 saturated carbocycles. The lowest BCUT2D eigenvalue weighted by molar-refractivity contribution is 0.340. The molecule has 1 nitrogen and oxygen atoms in total. The summed E-state index contributed by atoms with van der Waals surface area (Å²) in [5.41, 5.74) is 0. The van der Waals surface area contributed by atoms with Gasteiger partial charge in [-0.2, -0.15) is 0 Å². The van der Waals surface area contributed by atoms with Crippen molar-refractivity contribution in [3.63, 3.8) is 0 Å². The van der Waals surface area contributed by atoms with E-state index in [4.69, 9.17) is 4.74 Å². The van der Waals surface area contributed by atoms with Gasteiger partial charge in [-0.1, -0.05) is 13.3 Å². The van der Waals surface area contributed by atoms with Gasteiger partial charge in [0.25, 0.3) is 0 Å². The van der Waals surface area contributed by atoms with Gasteiger partial charge in [0.2, 0.25) is 0 Å². The van der Waals surface area contributed by atoms with Gasteiger partial charge < -0.3 is 4.74 Å². The molecule has 0 radical (unpaired) electrons. The van der Waals surface area contributed by atoms with E-state index >= 15 is 0 Å². The molecule has 2 rings (SSSR count). The minimum Gasteiger partial charge on any atom is -0.459 e. The molecule has 0 unspecified atom stereocenters. The van der Waals surface area contributed by atoms with Crippen LogP contribution in [0.3, 0.4) is 0 Å². The summed E-state index contributed by atoms with van der Waals surface area (Å²) in [6.45, 7) is 2.25. The van der Waals surface area contributed by atoms with Crippen molar-refractivity contribution in [2.75, 3.05) is 0 Å². The number of hydrogen-bond acceptors (Lipinski definition) is 1. The van der Waals surface area contributed by atoms with E-state index in [1.165, 1.54) is 30.8 Å². The molecule has 1 heterocycles. The van der Waals surface area contributed by atoms with Gasteiger partial charge in [0, 0.05) is 12.8 Å². The highest BCUT2D eigenvalue weighted by Crippen LogP contribution is 2.45. The normalized spacial score (nSPS) is 25.6. The number of hydrogen-bond donors (Lipinski definition) is 0. The molecule has 1 aliphatic carbocycles. The quantitative estimate of drug-likeness (QED) is 0.503. The van der Waals surface area contributed by atoms with Crippen LogP contribution < -0.4 is 0 Å². The summed E-state index contributed by atoms with van der Waals surface area (Å²) < 4.78 is 5.12. The Morgan fingerprint density at radius 2 is 2.12 bits per heavy atom. The van der Waals surface area contributed by atoms with E-state index in [1.807, 2.05) is 0 Å². The third-order valence-corrected chi connectivity index (χ3v) is 2.04. The van der Waals surface area contributed by atoms with Crippen LogP contribution in [0.5, 0.6) is 0 Å². The van der Waals surface area contributed by atoms with Crippen LogP contribution in [-0.4, -0.2) is 0 Å². The molecule has 0 atom stereocenters. The van der Waals surface area contributed by atoms with Crippen LogP contribution in [0.4, 0.5) is 0 Å². The maximum atomic E-state index is 5.12. The molecule has 2 aliphatic rings. The second-order valence-electron chi connectivity index (χ2n) is 2.63. The summed E-state index contributed by atoms with van der Waals surface area (Å²) >= 11 is 0. The molecule has 8 heavy (non-hydrogen) atoms. The van der Waals surface area contributed by atoms with Gasteiger partial charge in [0.15, 0.2) is 0 Å². The molecule has 0 N–H and O–H groups in total. The minimum absolute atomic E-state index is 0.925.